The molecule has 0 saturated heterocycles. The van der Waals surface area contributed by atoms with Gasteiger partial charge in [-0.1, -0.05) is 71.6 Å². The summed E-state index contributed by atoms with van der Waals surface area (Å²) in [6.07, 6.45) is 14.2. The molecule has 0 rings (SSSR count). The highest BCUT2D eigenvalue weighted by molar-refractivity contribution is 5.68. The molecule has 0 spiro atoms. The van der Waals surface area contributed by atoms with Gasteiger partial charge < -0.3 is 9.57 Å². The first-order chi connectivity index (χ1) is 10.7. The Morgan fingerprint density at radius 2 is 1.41 bits per heavy atom. The van der Waals surface area contributed by atoms with Crippen LogP contribution in [0.5, 0.6) is 0 Å². The fourth-order valence-electron chi connectivity index (χ4n) is 2.29. The van der Waals surface area contributed by atoms with Gasteiger partial charge in [0.25, 0.3) is 0 Å². The Morgan fingerprint density at radius 3 is 1.95 bits per heavy atom. The minimum absolute atomic E-state index is 0.225. The van der Waals surface area contributed by atoms with Crippen molar-refractivity contribution in [2.24, 2.45) is 0 Å². The zero-order valence-corrected chi connectivity index (χ0v) is 15.0. The summed E-state index contributed by atoms with van der Waals surface area (Å²) in [6.45, 7) is 6.78. The predicted molar refractivity (Wildman–Crippen MR) is 91.4 cm³/mol. The predicted octanol–water partition coefficient (Wildman–Crippen LogP) is 5.12. The van der Waals surface area contributed by atoms with Gasteiger partial charge in [-0.15, -0.1) is 5.48 Å². The molecule has 1 atom stereocenters. The average molecular weight is 315 g/mol. The summed E-state index contributed by atoms with van der Waals surface area (Å²) in [5.74, 6) is -0.225. The van der Waals surface area contributed by atoms with Crippen molar-refractivity contribution in [3.8, 4) is 0 Å². The maximum absolute atomic E-state index is 11.2. The SMILES string of the molecule is CCCCCCCCCCCCOC(C)NOC(=O)CCC. The standard InChI is InChI=1S/C18H37NO3/c1-4-6-7-8-9-10-11-12-13-14-16-21-17(3)19-22-18(20)15-5-2/h17,19H,4-16H2,1-3H3. The van der Waals surface area contributed by atoms with E-state index in [1.165, 1.54) is 57.8 Å². The van der Waals surface area contributed by atoms with Gasteiger partial charge in [0.05, 0.1) is 0 Å². The van der Waals surface area contributed by atoms with E-state index in [2.05, 4.69) is 12.4 Å². The molecule has 1 N–H and O–H groups in total. The lowest BCUT2D eigenvalue weighted by Gasteiger charge is -2.14. The number of carbonyl (C=O) groups excluding carboxylic acids is 1. The molecule has 0 aliphatic rings. The van der Waals surface area contributed by atoms with E-state index >= 15 is 0 Å². The molecule has 0 aromatic carbocycles. The zero-order valence-electron chi connectivity index (χ0n) is 15.0. The van der Waals surface area contributed by atoms with E-state index in [9.17, 15) is 4.79 Å². The molecule has 0 heterocycles. The minimum Gasteiger partial charge on any atom is -0.368 e. The fraction of sp³-hybridized carbons (Fsp3) is 0.944. The van der Waals surface area contributed by atoms with Crippen molar-refractivity contribution in [2.45, 2.75) is 104 Å². The van der Waals surface area contributed by atoms with Gasteiger partial charge in [0.1, 0.15) is 6.23 Å². The van der Waals surface area contributed by atoms with Crippen molar-refractivity contribution in [3.05, 3.63) is 0 Å². The molecular weight excluding hydrogens is 278 g/mol. The maximum Gasteiger partial charge on any atom is 0.324 e. The number of hydroxylamine groups is 1. The van der Waals surface area contributed by atoms with Crippen LogP contribution in [0.4, 0.5) is 0 Å². The summed E-state index contributed by atoms with van der Waals surface area (Å²) in [6, 6.07) is 0. The Bertz CT molecular complexity index is 246. The lowest BCUT2D eigenvalue weighted by molar-refractivity contribution is -0.161. The van der Waals surface area contributed by atoms with Gasteiger partial charge in [-0.3, -0.25) is 4.79 Å². The summed E-state index contributed by atoms with van der Waals surface area (Å²) in [7, 11) is 0. The second-order valence-corrected chi connectivity index (χ2v) is 6.04. The summed E-state index contributed by atoms with van der Waals surface area (Å²) in [5, 5.41) is 0. The molecular formula is C18H37NO3. The largest absolute Gasteiger partial charge is 0.368 e. The van der Waals surface area contributed by atoms with Gasteiger partial charge in [0.2, 0.25) is 0 Å². The molecule has 0 radical (unpaired) electrons. The normalized spacial score (nSPS) is 12.3. The van der Waals surface area contributed by atoms with Crippen LogP contribution in [-0.2, 0) is 14.4 Å². The Balaban J connectivity index is 3.20. The molecule has 0 bridgehead atoms. The van der Waals surface area contributed by atoms with E-state index in [-0.39, 0.29) is 12.2 Å². The van der Waals surface area contributed by atoms with Gasteiger partial charge in [0, 0.05) is 13.0 Å². The van der Waals surface area contributed by atoms with E-state index in [1.807, 2.05) is 13.8 Å². The second kappa shape index (κ2) is 16.8. The second-order valence-electron chi connectivity index (χ2n) is 6.04. The van der Waals surface area contributed by atoms with Crippen LogP contribution in [0.2, 0.25) is 0 Å². The molecule has 0 saturated carbocycles. The molecule has 132 valence electrons. The van der Waals surface area contributed by atoms with Crippen molar-refractivity contribution >= 4 is 5.97 Å². The van der Waals surface area contributed by atoms with Crippen LogP contribution >= 0.6 is 0 Å². The van der Waals surface area contributed by atoms with Crippen LogP contribution in [-0.4, -0.2) is 18.8 Å². The van der Waals surface area contributed by atoms with Crippen LogP contribution in [0.1, 0.15) is 97.8 Å². The van der Waals surface area contributed by atoms with Crippen LogP contribution < -0.4 is 5.48 Å². The number of unbranched alkanes of at least 4 members (excludes halogenated alkanes) is 9. The zero-order chi connectivity index (χ0) is 16.5. The molecule has 0 aliphatic heterocycles. The number of hydrogen-bond donors (Lipinski definition) is 1. The van der Waals surface area contributed by atoms with Gasteiger partial charge in [-0.2, -0.15) is 0 Å². The monoisotopic (exact) mass is 315 g/mol. The topological polar surface area (TPSA) is 47.6 Å². The highest BCUT2D eigenvalue weighted by Crippen LogP contribution is 2.10. The van der Waals surface area contributed by atoms with E-state index in [0.29, 0.717) is 6.42 Å². The maximum atomic E-state index is 11.2. The summed E-state index contributed by atoms with van der Waals surface area (Å²) in [4.78, 5) is 16.0. The first-order valence-corrected chi connectivity index (χ1v) is 9.27. The van der Waals surface area contributed by atoms with Gasteiger partial charge in [0.15, 0.2) is 0 Å². The highest BCUT2D eigenvalue weighted by atomic mass is 16.7. The van der Waals surface area contributed by atoms with Crippen molar-refractivity contribution in [3.63, 3.8) is 0 Å². The van der Waals surface area contributed by atoms with E-state index < -0.39 is 0 Å². The van der Waals surface area contributed by atoms with Gasteiger partial charge >= 0.3 is 5.97 Å². The number of ether oxygens (including phenoxy) is 1. The third-order valence-electron chi connectivity index (χ3n) is 3.66. The molecule has 22 heavy (non-hydrogen) atoms. The third-order valence-corrected chi connectivity index (χ3v) is 3.66. The first-order valence-electron chi connectivity index (χ1n) is 9.27. The van der Waals surface area contributed by atoms with Crippen LogP contribution in [0.25, 0.3) is 0 Å². The fourth-order valence-corrected chi connectivity index (χ4v) is 2.29. The molecule has 0 fully saturated rings. The molecule has 0 aliphatic carbocycles. The summed E-state index contributed by atoms with van der Waals surface area (Å²) >= 11 is 0. The van der Waals surface area contributed by atoms with Crippen LogP contribution in [0.15, 0.2) is 0 Å². The van der Waals surface area contributed by atoms with E-state index in [0.717, 1.165) is 19.4 Å². The van der Waals surface area contributed by atoms with E-state index in [4.69, 9.17) is 9.57 Å². The van der Waals surface area contributed by atoms with Gasteiger partial charge in [-0.25, -0.2) is 0 Å². The smallest absolute Gasteiger partial charge is 0.324 e. The third kappa shape index (κ3) is 15.8. The molecule has 4 nitrogen and oxygen atoms in total. The lowest BCUT2D eigenvalue weighted by Crippen LogP contribution is -2.31. The Kier molecular flexibility index (Phi) is 16.3. The lowest BCUT2D eigenvalue weighted by atomic mass is 10.1. The number of rotatable bonds is 16. The van der Waals surface area contributed by atoms with Crippen molar-refractivity contribution in [2.75, 3.05) is 6.61 Å². The molecule has 0 aromatic heterocycles. The van der Waals surface area contributed by atoms with Crippen molar-refractivity contribution in [1.29, 1.82) is 0 Å². The summed E-state index contributed by atoms with van der Waals surface area (Å²) in [5.41, 5.74) is 2.63. The Morgan fingerprint density at radius 1 is 0.864 bits per heavy atom. The van der Waals surface area contributed by atoms with Crippen LogP contribution in [0.3, 0.4) is 0 Å². The van der Waals surface area contributed by atoms with Crippen molar-refractivity contribution in [1.82, 2.24) is 5.48 Å². The summed E-state index contributed by atoms with van der Waals surface area (Å²) < 4.78 is 5.55. The molecule has 0 aromatic rings. The molecule has 1 unspecified atom stereocenters. The first kappa shape index (κ1) is 21.4. The molecule has 0 amide bonds. The Hall–Kier alpha value is -0.610. The number of hydrogen-bond acceptors (Lipinski definition) is 4. The minimum atomic E-state index is -0.237. The van der Waals surface area contributed by atoms with Crippen LogP contribution in [0, 0.1) is 0 Å². The van der Waals surface area contributed by atoms with Crippen molar-refractivity contribution < 1.29 is 14.4 Å². The number of carbonyl (C=O) groups is 1. The highest BCUT2D eigenvalue weighted by Gasteiger charge is 2.05. The Labute approximate surface area is 137 Å². The van der Waals surface area contributed by atoms with Gasteiger partial charge in [-0.05, 0) is 19.8 Å². The number of nitrogens with one attached hydrogen (secondary N) is 1. The average Bonchev–Trinajstić information content (AvgIpc) is 2.51. The molecule has 4 heteroatoms. The van der Waals surface area contributed by atoms with E-state index in [1.54, 1.807) is 0 Å². The quantitative estimate of drug-likeness (QED) is 0.244.